The first-order valence-corrected chi connectivity index (χ1v) is 8.95. The molecule has 0 radical (unpaired) electrons. The molecule has 0 aromatic heterocycles. The van der Waals surface area contributed by atoms with E-state index in [1.54, 1.807) is 62.4 Å². The summed E-state index contributed by atoms with van der Waals surface area (Å²) in [6.07, 6.45) is 2.10. The third-order valence-corrected chi connectivity index (χ3v) is 4.37. The number of carbonyl (C=O) groups excluding carboxylic acids is 2. The molecule has 6 nitrogen and oxygen atoms in total. The van der Waals surface area contributed by atoms with Gasteiger partial charge in [0.05, 0.1) is 13.2 Å². The number of ether oxygens (including phenoxy) is 3. The predicted molar refractivity (Wildman–Crippen MR) is 103 cm³/mol. The summed E-state index contributed by atoms with van der Waals surface area (Å²) >= 11 is 0. The van der Waals surface area contributed by atoms with Gasteiger partial charge in [0, 0.05) is 11.6 Å². The van der Waals surface area contributed by atoms with Gasteiger partial charge in [0.1, 0.15) is 23.5 Å². The van der Waals surface area contributed by atoms with Gasteiger partial charge in [0.15, 0.2) is 0 Å². The number of phenols is 1. The number of aromatic hydroxyl groups is 1. The summed E-state index contributed by atoms with van der Waals surface area (Å²) < 4.78 is 16.1. The molecule has 1 aliphatic rings. The number of benzene rings is 2. The first-order valence-electron chi connectivity index (χ1n) is 8.95. The van der Waals surface area contributed by atoms with Crippen LogP contribution in [-0.2, 0) is 19.1 Å². The zero-order valence-corrected chi connectivity index (χ0v) is 15.9. The first-order chi connectivity index (χ1) is 13.4. The molecule has 0 spiro atoms. The van der Waals surface area contributed by atoms with Crippen molar-refractivity contribution < 1.29 is 28.9 Å². The molecule has 0 unspecified atom stereocenters. The fourth-order valence-corrected chi connectivity index (χ4v) is 3.10. The molecule has 146 valence electrons. The SMILES string of the molecule is COC(=O)/C=C/c1ccc2c(c1)[C@@H](C(=O)OC(C)C)[C@H](c1ccc(O)cc1)O2. The number of fused-ring (bicyclic) bond motifs is 1. The van der Waals surface area contributed by atoms with Gasteiger partial charge in [-0.3, -0.25) is 4.79 Å². The van der Waals surface area contributed by atoms with Crippen molar-refractivity contribution in [3.8, 4) is 11.5 Å². The van der Waals surface area contributed by atoms with Crippen LogP contribution < -0.4 is 4.74 Å². The van der Waals surface area contributed by atoms with Crippen molar-refractivity contribution in [3.63, 3.8) is 0 Å². The quantitative estimate of drug-likeness (QED) is 0.627. The molecule has 28 heavy (non-hydrogen) atoms. The smallest absolute Gasteiger partial charge is 0.330 e. The van der Waals surface area contributed by atoms with E-state index >= 15 is 0 Å². The predicted octanol–water partition coefficient (Wildman–Crippen LogP) is 3.75. The zero-order valence-electron chi connectivity index (χ0n) is 15.9. The Morgan fingerprint density at radius 1 is 1.14 bits per heavy atom. The van der Waals surface area contributed by atoms with Crippen molar-refractivity contribution in [2.24, 2.45) is 0 Å². The normalized spacial score (nSPS) is 18.0. The number of rotatable bonds is 5. The lowest BCUT2D eigenvalue weighted by atomic mass is 9.90. The van der Waals surface area contributed by atoms with Crippen LogP contribution in [0.25, 0.3) is 6.08 Å². The van der Waals surface area contributed by atoms with Crippen molar-refractivity contribution in [2.75, 3.05) is 7.11 Å². The Bertz CT molecular complexity index is 898. The van der Waals surface area contributed by atoms with Crippen LogP contribution in [0.4, 0.5) is 0 Å². The molecule has 2 atom stereocenters. The van der Waals surface area contributed by atoms with Crippen molar-refractivity contribution in [1.82, 2.24) is 0 Å². The lowest BCUT2D eigenvalue weighted by Crippen LogP contribution is -2.23. The van der Waals surface area contributed by atoms with Crippen LogP contribution in [0.2, 0.25) is 0 Å². The summed E-state index contributed by atoms with van der Waals surface area (Å²) in [6.45, 7) is 3.58. The third kappa shape index (κ3) is 4.17. The minimum atomic E-state index is -0.659. The molecule has 0 aliphatic carbocycles. The molecule has 0 amide bonds. The van der Waals surface area contributed by atoms with Crippen LogP contribution in [0.5, 0.6) is 11.5 Å². The summed E-state index contributed by atoms with van der Waals surface area (Å²) in [5.74, 6) is -0.793. The van der Waals surface area contributed by atoms with E-state index in [1.165, 1.54) is 13.2 Å². The molecular weight excluding hydrogens is 360 g/mol. The topological polar surface area (TPSA) is 82.1 Å². The third-order valence-electron chi connectivity index (χ3n) is 4.37. The van der Waals surface area contributed by atoms with Gasteiger partial charge in [-0.05, 0) is 55.3 Å². The fraction of sp³-hybridized carbons (Fsp3) is 0.273. The molecule has 0 saturated heterocycles. The maximum absolute atomic E-state index is 12.8. The summed E-state index contributed by atoms with van der Waals surface area (Å²) in [4.78, 5) is 24.2. The lowest BCUT2D eigenvalue weighted by molar-refractivity contribution is -0.151. The Hall–Kier alpha value is -3.28. The highest BCUT2D eigenvalue weighted by Gasteiger charge is 2.42. The van der Waals surface area contributed by atoms with Crippen molar-refractivity contribution in [2.45, 2.75) is 32.0 Å². The molecule has 0 bridgehead atoms. The highest BCUT2D eigenvalue weighted by Crippen LogP contribution is 2.47. The number of esters is 2. The van der Waals surface area contributed by atoms with E-state index in [9.17, 15) is 14.7 Å². The van der Waals surface area contributed by atoms with E-state index in [1.807, 2.05) is 0 Å². The Balaban J connectivity index is 1.99. The van der Waals surface area contributed by atoms with Crippen LogP contribution in [0.1, 0.15) is 42.6 Å². The number of phenolic OH excluding ortho intramolecular Hbond substituents is 1. The lowest BCUT2D eigenvalue weighted by Gasteiger charge is -2.20. The Morgan fingerprint density at radius 2 is 1.86 bits per heavy atom. The summed E-state index contributed by atoms with van der Waals surface area (Å²) in [7, 11) is 1.31. The van der Waals surface area contributed by atoms with Gasteiger partial charge in [-0.25, -0.2) is 4.79 Å². The Morgan fingerprint density at radius 3 is 2.50 bits per heavy atom. The fourth-order valence-electron chi connectivity index (χ4n) is 3.10. The first kappa shape index (κ1) is 19.5. The zero-order chi connectivity index (χ0) is 20.3. The summed E-state index contributed by atoms with van der Waals surface area (Å²) in [5.41, 5.74) is 2.18. The molecule has 2 aromatic carbocycles. The molecule has 6 heteroatoms. The van der Waals surface area contributed by atoms with Crippen LogP contribution in [0.3, 0.4) is 0 Å². The maximum atomic E-state index is 12.8. The molecule has 1 heterocycles. The second kappa shape index (κ2) is 8.17. The van der Waals surface area contributed by atoms with Gasteiger partial charge in [-0.2, -0.15) is 0 Å². The number of hydrogen-bond donors (Lipinski definition) is 1. The van der Waals surface area contributed by atoms with Gasteiger partial charge >= 0.3 is 11.9 Å². The monoisotopic (exact) mass is 382 g/mol. The number of hydrogen-bond acceptors (Lipinski definition) is 6. The maximum Gasteiger partial charge on any atom is 0.330 e. The summed E-state index contributed by atoms with van der Waals surface area (Å²) in [6, 6.07) is 11.9. The van der Waals surface area contributed by atoms with E-state index in [0.717, 1.165) is 11.1 Å². The van der Waals surface area contributed by atoms with Crippen molar-refractivity contribution in [1.29, 1.82) is 0 Å². The average molecular weight is 382 g/mol. The Kier molecular flexibility index (Phi) is 5.68. The van der Waals surface area contributed by atoms with Gasteiger partial charge in [0.25, 0.3) is 0 Å². The van der Waals surface area contributed by atoms with Gasteiger partial charge < -0.3 is 19.3 Å². The van der Waals surface area contributed by atoms with E-state index < -0.39 is 18.0 Å². The number of methoxy groups -OCH3 is 1. The largest absolute Gasteiger partial charge is 0.508 e. The van der Waals surface area contributed by atoms with Crippen LogP contribution >= 0.6 is 0 Å². The number of carbonyl (C=O) groups is 2. The molecule has 1 aliphatic heterocycles. The second-order valence-corrected chi connectivity index (χ2v) is 6.75. The minimum Gasteiger partial charge on any atom is -0.508 e. The van der Waals surface area contributed by atoms with E-state index in [0.29, 0.717) is 11.3 Å². The van der Waals surface area contributed by atoms with Crippen LogP contribution in [0.15, 0.2) is 48.5 Å². The molecule has 2 aromatic rings. The summed E-state index contributed by atoms with van der Waals surface area (Å²) in [5, 5.41) is 9.55. The molecule has 3 rings (SSSR count). The van der Waals surface area contributed by atoms with Gasteiger partial charge in [-0.15, -0.1) is 0 Å². The minimum absolute atomic E-state index is 0.135. The Labute approximate surface area is 163 Å². The van der Waals surface area contributed by atoms with Gasteiger partial charge in [0.2, 0.25) is 0 Å². The average Bonchev–Trinajstić information content (AvgIpc) is 3.04. The van der Waals surface area contributed by atoms with Crippen molar-refractivity contribution >= 4 is 18.0 Å². The van der Waals surface area contributed by atoms with Crippen LogP contribution in [0, 0.1) is 0 Å². The standard InChI is InChI=1S/C22H22O6/c1-13(2)27-22(25)20-17-12-14(5-11-19(24)26-3)4-10-18(17)28-21(20)15-6-8-16(23)9-7-15/h4-13,20-21,23H,1-3H3/b11-5+/t20-,21+/m1/s1. The molecule has 1 N–H and O–H groups in total. The van der Waals surface area contributed by atoms with Gasteiger partial charge in [-0.1, -0.05) is 18.2 Å². The molecular formula is C22H22O6. The highest BCUT2D eigenvalue weighted by atomic mass is 16.6. The molecule has 0 fully saturated rings. The van der Waals surface area contributed by atoms with Crippen LogP contribution in [-0.4, -0.2) is 30.3 Å². The highest BCUT2D eigenvalue weighted by molar-refractivity contribution is 5.87. The van der Waals surface area contributed by atoms with E-state index in [4.69, 9.17) is 9.47 Å². The van der Waals surface area contributed by atoms with E-state index in [2.05, 4.69) is 4.74 Å². The molecule has 0 saturated carbocycles. The van der Waals surface area contributed by atoms with Crippen molar-refractivity contribution in [3.05, 3.63) is 65.2 Å². The van der Waals surface area contributed by atoms with E-state index in [-0.39, 0.29) is 17.8 Å². The second-order valence-electron chi connectivity index (χ2n) is 6.75.